The van der Waals surface area contributed by atoms with Crippen molar-refractivity contribution in [2.75, 3.05) is 7.11 Å². The lowest BCUT2D eigenvalue weighted by atomic mass is 10.2. The predicted molar refractivity (Wildman–Crippen MR) is 67.6 cm³/mol. The van der Waals surface area contributed by atoms with Gasteiger partial charge < -0.3 is 10.2 Å². The van der Waals surface area contributed by atoms with Crippen LogP contribution in [-0.4, -0.2) is 19.0 Å². The van der Waals surface area contributed by atoms with Crippen LogP contribution in [0, 0.1) is 0 Å². The Morgan fingerprint density at radius 1 is 1.56 bits per heavy atom. The summed E-state index contributed by atoms with van der Waals surface area (Å²) in [7, 11) is 1.64. The number of halogens is 1. The molecule has 0 aliphatic heterocycles. The topological polar surface area (TPSA) is 59.6 Å². The number of nitrogens with two attached hydrogens (primary N) is 1. The number of benzene rings is 1. The van der Waals surface area contributed by atoms with E-state index in [1.54, 1.807) is 7.11 Å². The molecule has 2 rings (SSSR count). The van der Waals surface area contributed by atoms with Crippen molar-refractivity contribution < 1.29 is 4.74 Å². The first-order valence-electron chi connectivity index (χ1n) is 5.13. The number of aliphatic imine (C=N–C) groups is 1. The van der Waals surface area contributed by atoms with Crippen molar-refractivity contribution in [2.45, 2.75) is 18.9 Å². The molecule has 86 valence electrons. The van der Waals surface area contributed by atoms with E-state index in [1.807, 2.05) is 18.2 Å². The van der Waals surface area contributed by atoms with Crippen molar-refractivity contribution >= 4 is 21.8 Å². The van der Waals surface area contributed by atoms with Crippen molar-refractivity contribution in [2.24, 2.45) is 10.8 Å². The van der Waals surface area contributed by atoms with Gasteiger partial charge in [-0.15, -0.1) is 0 Å². The number of hydrogen-bond acceptors (Lipinski definition) is 3. The van der Waals surface area contributed by atoms with Crippen LogP contribution in [0.5, 0.6) is 5.75 Å². The number of ether oxygens (including phenoxy) is 1. The van der Waals surface area contributed by atoms with Gasteiger partial charge in [-0.3, -0.25) is 4.99 Å². The Hall–Kier alpha value is -1.07. The smallest absolute Gasteiger partial charge is 0.146 e. The average Bonchev–Trinajstić information content (AvgIpc) is 3.10. The summed E-state index contributed by atoms with van der Waals surface area (Å²) in [5, 5.41) is 0. The molecule has 5 heteroatoms. The van der Waals surface area contributed by atoms with E-state index in [9.17, 15) is 0 Å². The van der Waals surface area contributed by atoms with Gasteiger partial charge in [0.15, 0.2) is 0 Å². The zero-order chi connectivity index (χ0) is 11.5. The van der Waals surface area contributed by atoms with Gasteiger partial charge in [0.05, 0.1) is 18.7 Å². The number of nitrogens with zero attached hydrogens (tertiary/aromatic N) is 1. The third kappa shape index (κ3) is 2.54. The molecule has 1 aliphatic carbocycles. The minimum absolute atomic E-state index is 0.416. The largest absolute Gasteiger partial charge is 0.496 e. The molecule has 0 spiro atoms. The van der Waals surface area contributed by atoms with Crippen LogP contribution >= 0.6 is 15.9 Å². The summed E-state index contributed by atoms with van der Waals surface area (Å²) in [6.07, 6.45) is 2.29. The molecule has 1 aromatic rings. The maximum Gasteiger partial charge on any atom is 0.146 e. The van der Waals surface area contributed by atoms with Crippen molar-refractivity contribution in [3.8, 4) is 5.75 Å². The van der Waals surface area contributed by atoms with Gasteiger partial charge in [0.25, 0.3) is 0 Å². The van der Waals surface area contributed by atoms with Gasteiger partial charge in [-0.2, -0.15) is 0 Å². The highest BCUT2D eigenvalue weighted by molar-refractivity contribution is 9.10. The van der Waals surface area contributed by atoms with Crippen molar-refractivity contribution in [3.05, 3.63) is 28.2 Å². The van der Waals surface area contributed by atoms with Crippen LogP contribution in [0.15, 0.2) is 27.7 Å². The SMILES string of the molecule is COc1cc(Br)ccc1C(=NC1CC1)NN. The van der Waals surface area contributed by atoms with Crippen LogP contribution in [0.3, 0.4) is 0 Å². The number of hydrazine groups is 1. The third-order valence-corrected chi connectivity index (χ3v) is 2.91. The van der Waals surface area contributed by atoms with E-state index in [2.05, 4.69) is 26.3 Å². The molecule has 1 aromatic carbocycles. The molecule has 3 N–H and O–H groups in total. The Balaban J connectivity index is 2.36. The van der Waals surface area contributed by atoms with Gasteiger partial charge in [-0.1, -0.05) is 15.9 Å². The highest BCUT2D eigenvalue weighted by Crippen LogP contribution is 2.27. The molecule has 0 bridgehead atoms. The first-order valence-corrected chi connectivity index (χ1v) is 5.92. The van der Waals surface area contributed by atoms with E-state index in [4.69, 9.17) is 10.6 Å². The lowest BCUT2D eigenvalue weighted by Crippen LogP contribution is -2.31. The number of amidine groups is 1. The van der Waals surface area contributed by atoms with Crippen molar-refractivity contribution in [1.29, 1.82) is 0 Å². The van der Waals surface area contributed by atoms with E-state index < -0.39 is 0 Å². The second-order valence-corrected chi connectivity index (χ2v) is 4.61. The lowest BCUT2D eigenvalue weighted by Gasteiger charge is -2.11. The fraction of sp³-hybridized carbons (Fsp3) is 0.364. The third-order valence-electron chi connectivity index (χ3n) is 2.41. The van der Waals surface area contributed by atoms with Gasteiger partial charge in [0.2, 0.25) is 0 Å². The summed E-state index contributed by atoms with van der Waals surface area (Å²) in [4.78, 5) is 4.50. The highest BCUT2D eigenvalue weighted by Gasteiger charge is 2.22. The fourth-order valence-electron chi connectivity index (χ4n) is 1.43. The molecule has 1 aliphatic rings. The number of nitrogens with one attached hydrogen (secondary N) is 1. The van der Waals surface area contributed by atoms with Crippen LogP contribution in [-0.2, 0) is 0 Å². The van der Waals surface area contributed by atoms with E-state index in [1.165, 1.54) is 0 Å². The molecule has 0 aromatic heterocycles. The molecule has 0 amide bonds. The van der Waals surface area contributed by atoms with Gasteiger partial charge in [-0.05, 0) is 31.0 Å². The number of methoxy groups -OCH3 is 1. The predicted octanol–water partition coefficient (Wildman–Crippen LogP) is 1.83. The molecule has 1 fully saturated rings. The summed E-state index contributed by atoms with van der Waals surface area (Å²) in [5.74, 6) is 6.94. The molecule has 0 heterocycles. The quantitative estimate of drug-likeness (QED) is 0.385. The summed E-state index contributed by atoms with van der Waals surface area (Å²) in [6, 6.07) is 6.19. The lowest BCUT2D eigenvalue weighted by molar-refractivity contribution is 0.413. The normalized spacial score (nSPS) is 16.1. The molecule has 16 heavy (non-hydrogen) atoms. The van der Waals surface area contributed by atoms with Crippen LogP contribution in [0.1, 0.15) is 18.4 Å². The number of hydrogen-bond donors (Lipinski definition) is 2. The first-order chi connectivity index (χ1) is 7.74. The number of rotatable bonds is 3. The molecule has 0 unspecified atom stereocenters. The fourth-order valence-corrected chi connectivity index (χ4v) is 1.77. The minimum atomic E-state index is 0.416. The van der Waals surface area contributed by atoms with E-state index in [0.29, 0.717) is 11.9 Å². The van der Waals surface area contributed by atoms with Gasteiger partial charge in [0.1, 0.15) is 11.6 Å². The van der Waals surface area contributed by atoms with Crippen LogP contribution in [0.25, 0.3) is 0 Å². The second kappa shape index (κ2) is 4.84. The Kier molecular flexibility index (Phi) is 3.46. The standard InChI is InChI=1S/C11H14BrN3O/c1-16-10-6-7(12)2-5-9(10)11(15-13)14-8-3-4-8/h2,5-6,8H,3-4,13H2,1H3,(H,14,15). The van der Waals surface area contributed by atoms with Gasteiger partial charge in [0, 0.05) is 4.47 Å². The van der Waals surface area contributed by atoms with E-state index in [-0.39, 0.29) is 0 Å². The molecular formula is C11H14BrN3O. The Morgan fingerprint density at radius 3 is 2.88 bits per heavy atom. The van der Waals surface area contributed by atoms with Gasteiger partial charge in [-0.25, -0.2) is 5.84 Å². The molecule has 0 saturated heterocycles. The first kappa shape index (κ1) is 11.4. The Morgan fingerprint density at radius 2 is 2.31 bits per heavy atom. The van der Waals surface area contributed by atoms with Crippen LogP contribution in [0.4, 0.5) is 0 Å². The van der Waals surface area contributed by atoms with E-state index >= 15 is 0 Å². The Labute approximate surface area is 103 Å². The Bertz CT molecular complexity index is 416. The zero-order valence-electron chi connectivity index (χ0n) is 9.03. The average molecular weight is 284 g/mol. The minimum Gasteiger partial charge on any atom is -0.496 e. The zero-order valence-corrected chi connectivity index (χ0v) is 10.6. The maximum atomic E-state index is 5.49. The van der Waals surface area contributed by atoms with Crippen molar-refractivity contribution in [3.63, 3.8) is 0 Å². The summed E-state index contributed by atoms with van der Waals surface area (Å²) < 4.78 is 6.27. The summed E-state index contributed by atoms with van der Waals surface area (Å²) in [5.41, 5.74) is 3.53. The molecule has 0 atom stereocenters. The maximum absolute atomic E-state index is 5.49. The highest BCUT2D eigenvalue weighted by atomic mass is 79.9. The van der Waals surface area contributed by atoms with Crippen LogP contribution < -0.4 is 16.0 Å². The van der Waals surface area contributed by atoms with Crippen LogP contribution in [0.2, 0.25) is 0 Å². The summed E-state index contributed by atoms with van der Waals surface area (Å²) >= 11 is 3.40. The molecule has 1 saturated carbocycles. The molecule has 0 radical (unpaired) electrons. The molecule has 4 nitrogen and oxygen atoms in total. The molecular weight excluding hydrogens is 270 g/mol. The second-order valence-electron chi connectivity index (χ2n) is 3.70. The summed E-state index contributed by atoms with van der Waals surface area (Å²) in [6.45, 7) is 0. The van der Waals surface area contributed by atoms with Gasteiger partial charge >= 0.3 is 0 Å². The monoisotopic (exact) mass is 283 g/mol. The van der Waals surface area contributed by atoms with Crippen molar-refractivity contribution in [1.82, 2.24) is 5.43 Å². The van der Waals surface area contributed by atoms with E-state index in [0.717, 1.165) is 28.6 Å².